The van der Waals surface area contributed by atoms with Crippen LogP contribution in [0.5, 0.6) is 5.75 Å². The van der Waals surface area contributed by atoms with Crippen molar-refractivity contribution in [3.05, 3.63) is 63.7 Å². The highest BCUT2D eigenvalue weighted by Crippen LogP contribution is 2.17. The molecule has 0 radical (unpaired) electrons. The summed E-state index contributed by atoms with van der Waals surface area (Å²) >= 11 is 0. The van der Waals surface area contributed by atoms with Gasteiger partial charge < -0.3 is 40.1 Å². The third kappa shape index (κ3) is 9.41. The number of carbonyl (C=O) groups is 2. The molecule has 0 aliphatic heterocycles. The first kappa shape index (κ1) is 26.0. The highest BCUT2D eigenvalue weighted by molar-refractivity contribution is 5.93. The molecule has 1 aromatic heterocycles. The van der Waals surface area contributed by atoms with Crippen LogP contribution in [0.2, 0.25) is 0 Å². The topological polar surface area (TPSA) is 162 Å². The number of hydrogen-bond acceptors (Lipinski definition) is 9. The second kappa shape index (κ2) is 14.7. The van der Waals surface area contributed by atoms with Crippen molar-refractivity contribution in [1.82, 2.24) is 10.6 Å². The van der Waals surface area contributed by atoms with Gasteiger partial charge in [-0.1, -0.05) is 30.3 Å². The summed E-state index contributed by atoms with van der Waals surface area (Å²) in [6.45, 7) is 0.629. The Morgan fingerprint density at radius 2 is 1.82 bits per heavy atom. The van der Waals surface area contributed by atoms with Gasteiger partial charge in [0.25, 0.3) is 5.91 Å². The van der Waals surface area contributed by atoms with E-state index in [0.717, 1.165) is 11.6 Å². The van der Waals surface area contributed by atoms with Gasteiger partial charge in [-0.15, -0.1) is 0 Å². The average Bonchev–Trinajstić information content (AvgIpc) is 2.83. The van der Waals surface area contributed by atoms with E-state index >= 15 is 0 Å². The van der Waals surface area contributed by atoms with Crippen LogP contribution in [-0.4, -0.2) is 63.0 Å². The largest absolute Gasteiger partial charge is 0.481 e. The van der Waals surface area contributed by atoms with E-state index in [2.05, 4.69) is 10.6 Å². The number of rotatable bonds is 15. The smallest absolute Gasteiger partial charge is 0.291 e. The number of nitrogens with one attached hydrogen (secondary N) is 2. The van der Waals surface area contributed by atoms with Gasteiger partial charge in [0.15, 0.2) is 0 Å². The summed E-state index contributed by atoms with van der Waals surface area (Å²) in [5.74, 6) is -1.55. The van der Waals surface area contributed by atoms with Crippen LogP contribution in [0.4, 0.5) is 0 Å². The molecule has 0 atom stereocenters. The van der Waals surface area contributed by atoms with Crippen LogP contribution in [0.1, 0.15) is 21.9 Å². The van der Waals surface area contributed by atoms with Gasteiger partial charge in [0, 0.05) is 19.2 Å². The second-order valence-electron chi connectivity index (χ2n) is 6.72. The lowest BCUT2D eigenvalue weighted by atomic mass is 10.2. The maximum Gasteiger partial charge on any atom is 0.291 e. The normalized spacial score (nSPS) is 10.6. The minimum atomic E-state index is -0.653. The molecule has 0 saturated carbocycles. The van der Waals surface area contributed by atoms with Gasteiger partial charge in [0.1, 0.15) is 19.0 Å². The summed E-state index contributed by atoms with van der Waals surface area (Å²) < 4.78 is 21.3. The number of ether oxygens (including phenoxy) is 3. The molecule has 1 heterocycles. The lowest BCUT2D eigenvalue weighted by molar-refractivity contribution is -0.126. The highest BCUT2D eigenvalue weighted by atomic mass is 16.5. The number of carbonyl (C=O) groups excluding carboxylic acids is 2. The minimum Gasteiger partial charge on any atom is -0.481 e. The summed E-state index contributed by atoms with van der Waals surface area (Å²) in [4.78, 5) is 37.1. The Hall–Kier alpha value is -3.25. The number of hydrogen-bond donors (Lipinski definition) is 4. The van der Waals surface area contributed by atoms with Gasteiger partial charge in [0.2, 0.25) is 22.8 Å². The molecule has 11 heteroatoms. The molecule has 2 rings (SSSR count). The predicted octanol–water partition coefficient (Wildman–Crippen LogP) is -0.451. The van der Waals surface area contributed by atoms with Crippen molar-refractivity contribution in [3.63, 3.8) is 0 Å². The number of nitrogens with two attached hydrogens (primary N) is 1. The molecule has 11 nitrogen and oxygen atoms in total. The van der Waals surface area contributed by atoms with Gasteiger partial charge in [-0.3, -0.25) is 14.4 Å². The minimum absolute atomic E-state index is 0.0677. The maximum absolute atomic E-state index is 12.6. The van der Waals surface area contributed by atoms with E-state index in [1.54, 1.807) is 0 Å². The Labute approximate surface area is 190 Å². The predicted molar refractivity (Wildman–Crippen MR) is 118 cm³/mol. The van der Waals surface area contributed by atoms with Crippen LogP contribution in [0.15, 0.2) is 45.6 Å². The lowest BCUT2D eigenvalue weighted by Crippen LogP contribution is -2.31. The molecule has 0 bridgehead atoms. The van der Waals surface area contributed by atoms with Crippen LogP contribution in [0, 0.1) is 0 Å². The SMILES string of the molecule is NCCNC(=O)c1oc(CNC(=O)COCCOCCO)cc(=O)c1OCc1ccccc1. The molecule has 2 amide bonds. The zero-order valence-electron chi connectivity index (χ0n) is 18.2. The Kier molecular flexibility index (Phi) is 11.6. The summed E-state index contributed by atoms with van der Waals surface area (Å²) in [7, 11) is 0. The molecule has 0 aliphatic rings. The highest BCUT2D eigenvalue weighted by Gasteiger charge is 2.21. The second-order valence-corrected chi connectivity index (χ2v) is 6.72. The number of aliphatic hydroxyl groups is 1. The van der Waals surface area contributed by atoms with Crippen molar-refractivity contribution in [2.24, 2.45) is 5.73 Å². The van der Waals surface area contributed by atoms with E-state index in [1.165, 1.54) is 0 Å². The monoisotopic (exact) mass is 463 g/mol. The number of amides is 2. The standard InChI is InChI=1S/C22H29N3O8/c23-6-7-24-22(29)21-20(32-14-16-4-2-1-3-5-16)18(27)12-17(33-21)13-25-19(28)15-31-11-10-30-9-8-26/h1-5,12,26H,6-11,13-15,23H2,(H,24,29)(H,25,28). The van der Waals surface area contributed by atoms with Crippen molar-refractivity contribution in [2.75, 3.05) is 46.1 Å². The van der Waals surface area contributed by atoms with Crippen LogP contribution >= 0.6 is 0 Å². The summed E-state index contributed by atoms with van der Waals surface area (Å²) in [6, 6.07) is 10.3. The molecule has 33 heavy (non-hydrogen) atoms. The summed E-state index contributed by atoms with van der Waals surface area (Å²) in [5, 5.41) is 13.7. The van der Waals surface area contributed by atoms with E-state index < -0.39 is 17.2 Å². The van der Waals surface area contributed by atoms with Gasteiger partial charge >= 0.3 is 0 Å². The van der Waals surface area contributed by atoms with E-state index in [4.69, 9.17) is 29.5 Å². The van der Waals surface area contributed by atoms with Crippen molar-refractivity contribution < 1.29 is 33.3 Å². The van der Waals surface area contributed by atoms with E-state index in [9.17, 15) is 14.4 Å². The van der Waals surface area contributed by atoms with Crippen LogP contribution in [0.25, 0.3) is 0 Å². The summed E-state index contributed by atoms with van der Waals surface area (Å²) in [5.41, 5.74) is 5.68. The molecule has 0 unspecified atom stereocenters. The Morgan fingerprint density at radius 3 is 2.55 bits per heavy atom. The molecule has 2 aromatic rings. The maximum atomic E-state index is 12.6. The third-order valence-corrected chi connectivity index (χ3v) is 4.12. The molecular formula is C22H29N3O8. The van der Waals surface area contributed by atoms with Crippen molar-refractivity contribution in [1.29, 1.82) is 0 Å². The van der Waals surface area contributed by atoms with E-state index in [-0.39, 0.29) is 76.5 Å². The van der Waals surface area contributed by atoms with E-state index in [1.807, 2.05) is 30.3 Å². The molecular weight excluding hydrogens is 434 g/mol. The van der Waals surface area contributed by atoms with Crippen molar-refractivity contribution >= 4 is 11.8 Å². The molecule has 0 fully saturated rings. The van der Waals surface area contributed by atoms with Crippen molar-refractivity contribution in [2.45, 2.75) is 13.2 Å². The first-order chi connectivity index (χ1) is 16.0. The van der Waals surface area contributed by atoms with Gasteiger partial charge in [0.05, 0.1) is 33.0 Å². The van der Waals surface area contributed by atoms with Gasteiger partial charge in [-0.25, -0.2) is 0 Å². The third-order valence-electron chi connectivity index (χ3n) is 4.12. The molecule has 180 valence electrons. The van der Waals surface area contributed by atoms with Gasteiger partial charge in [-0.05, 0) is 5.56 Å². The number of benzene rings is 1. The van der Waals surface area contributed by atoms with Crippen LogP contribution in [0.3, 0.4) is 0 Å². The Bertz CT molecular complexity index is 933. The van der Waals surface area contributed by atoms with Crippen LogP contribution < -0.4 is 26.5 Å². The Morgan fingerprint density at radius 1 is 1.06 bits per heavy atom. The first-order valence-electron chi connectivity index (χ1n) is 10.4. The lowest BCUT2D eigenvalue weighted by Gasteiger charge is -2.12. The first-order valence-corrected chi connectivity index (χ1v) is 10.4. The zero-order valence-corrected chi connectivity index (χ0v) is 18.2. The fraction of sp³-hybridized carbons (Fsp3) is 0.409. The zero-order chi connectivity index (χ0) is 23.9. The quantitative estimate of drug-likeness (QED) is 0.256. The van der Waals surface area contributed by atoms with Crippen molar-refractivity contribution in [3.8, 4) is 5.75 Å². The molecule has 0 saturated heterocycles. The van der Waals surface area contributed by atoms with Crippen LogP contribution in [-0.2, 0) is 27.4 Å². The molecule has 0 aliphatic carbocycles. The molecule has 0 spiro atoms. The number of aliphatic hydroxyl groups excluding tert-OH is 1. The van der Waals surface area contributed by atoms with E-state index in [0.29, 0.717) is 0 Å². The average molecular weight is 463 g/mol. The fourth-order valence-corrected chi connectivity index (χ4v) is 2.59. The Balaban J connectivity index is 2.02. The fourth-order valence-electron chi connectivity index (χ4n) is 2.59. The molecule has 1 aromatic carbocycles. The summed E-state index contributed by atoms with van der Waals surface area (Å²) in [6.07, 6.45) is 0. The van der Waals surface area contributed by atoms with Gasteiger partial charge in [-0.2, -0.15) is 0 Å². The molecule has 5 N–H and O–H groups in total.